The van der Waals surface area contributed by atoms with E-state index in [-0.39, 0.29) is 5.82 Å². The molecular formula is C18H19F3N4O3. The molecule has 0 unspecified atom stereocenters. The number of hydrogen-bond acceptors (Lipinski definition) is 6. The minimum absolute atomic E-state index is 0.125. The van der Waals surface area contributed by atoms with Crippen molar-refractivity contribution in [2.24, 2.45) is 7.05 Å². The Morgan fingerprint density at radius 2 is 1.68 bits per heavy atom. The van der Waals surface area contributed by atoms with Gasteiger partial charge < -0.3 is 14.0 Å². The van der Waals surface area contributed by atoms with E-state index in [9.17, 15) is 13.2 Å². The minimum Gasteiger partial charge on any atom is -0.489 e. The van der Waals surface area contributed by atoms with Gasteiger partial charge in [-0.15, -0.1) is 0 Å². The molecule has 2 heterocycles. The van der Waals surface area contributed by atoms with Crippen molar-refractivity contribution in [3.63, 3.8) is 0 Å². The molecule has 150 valence electrons. The van der Waals surface area contributed by atoms with E-state index >= 15 is 0 Å². The average Bonchev–Trinajstić information content (AvgIpc) is 3.20. The smallest absolute Gasteiger partial charge is 0.471 e. The Balaban J connectivity index is 1.66. The molecule has 0 aliphatic carbocycles. The van der Waals surface area contributed by atoms with E-state index in [1.165, 1.54) is 0 Å². The molecule has 0 N–H and O–H groups in total. The summed E-state index contributed by atoms with van der Waals surface area (Å²) in [4.78, 5) is 3.41. The molecule has 0 fully saturated rings. The van der Waals surface area contributed by atoms with Gasteiger partial charge in [0.25, 0.3) is 0 Å². The number of hydrogen-bond donors (Lipinski definition) is 0. The van der Waals surface area contributed by atoms with Crippen molar-refractivity contribution in [1.82, 2.24) is 19.9 Å². The second-order valence-electron chi connectivity index (χ2n) is 6.30. The molecular weight excluding hydrogens is 377 g/mol. The van der Waals surface area contributed by atoms with Gasteiger partial charge in [-0.2, -0.15) is 23.3 Å². The summed E-state index contributed by atoms with van der Waals surface area (Å²) in [6, 6.07) is 5.13. The van der Waals surface area contributed by atoms with Crippen LogP contribution < -0.4 is 9.47 Å². The van der Waals surface area contributed by atoms with E-state index in [4.69, 9.17) is 9.47 Å². The van der Waals surface area contributed by atoms with Gasteiger partial charge in [-0.25, -0.2) is 4.68 Å². The summed E-state index contributed by atoms with van der Waals surface area (Å²) < 4.78 is 55.2. The molecule has 0 bridgehead atoms. The topological polar surface area (TPSA) is 75.2 Å². The second kappa shape index (κ2) is 7.53. The van der Waals surface area contributed by atoms with Crippen LogP contribution in [-0.2, 0) is 13.2 Å². The first kappa shape index (κ1) is 19.7. The number of halogens is 3. The van der Waals surface area contributed by atoms with Crippen molar-refractivity contribution >= 4 is 0 Å². The van der Waals surface area contributed by atoms with Crippen LogP contribution in [0.4, 0.5) is 13.2 Å². The molecule has 0 aliphatic rings. The van der Waals surface area contributed by atoms with Gasteiger partial charge in [-0.3, -0.25) is 0 Å². The van der Waals surface area contributed by atoms with Crippen LogP contribution in [0.5, 0.6) is 11.6 Å². The summed E-state index contributed by atoms with van der Waals surface area (Å²) in [5, 5.41) is 7.60. The van der Waals surface area contributed by atoms with E-state index in [0.29, 0.717) is 30.4 Å². The zero-order valence-electron chi connectivity index (χ0n) is 15.8. The van der Waals surface area contributed by atoms with Crippen LogP contribution >= 0.6 is 0 Å². The molecule has 28 heavy (non-hydrogen) atoms. The van der Waals surface area contributed by atoms with E-state index in [1.54, 1.807) is 37.7 Å². The monoisotopic (exact) mass is 396 g/mol. The van der Waals surface area contributed by atoms with Crippen molar-refractivity contribution in [3.05, 3.63) is 40.9 Å². The second-order valence-corrected chi connectivity index (χ2v) is 6.30. The van der Waals surface area contributed by atoms with Gasteiger partial charge in [0, 0.05) is 18.7 Å². The Hall–Kier alpha value is -3.04. The fraction of sp³-hybridized carbons (Fsp3) is 0.389. The van der Waals surface area contributed by atoms with E-state index < -0.39 is 12.1 Å². The number of ether oxygens (including phenoxy) is 2. The third-order valence-electron chi connectivity index (χ3n) is 3.93. The van der Waals surface area contributed by atoms with Crippen molar-refractivity contribution in [1.29, 1.82) is 0 Å². The highest BCUT2D eigenvalue weighted by Crippen LogP contribution is 2.32. The molecule has 0 aliphatic heterocycles. The molecule has 3 rings (SSSR count). The molecule has 0 saturated heterocycles. The van der Waals surface area contributed by atoms with Crippen LogP contribution in [0, 0.1) is 20.8 Å². The largest absolute Gasteiger partial charge is 0.489 e. The number of alkyl halides is 3. The first-order chi connectivity index (χ1) is 13.1. The molecule has 0 radical (unpaired) electrons. The first-order valence-corrected chi connectivity index (χ1v) is 8.44. The first-order valence-electron chi connectivity index (χ1n) is 8.44. The number of rotatable bonds is 6. The van der Waals surface area contributed by atoms with Crippen molar-refractivity contribution in [2.75, 3.05) is 13.2 Å². The minimum atomic E-state index is -4.68. The summed E-state index contributed by atoms with van der Waals surface area (Å²) in [5.74, 6) is -0.226. The standard InChI is InChI=1S/C18H19F3N4O3/c1-10-7-13(16-22-17(28-24-16)18(19,20)21)8-11(2)15(10)27-6-5-26-14-9-12(3)23-25(14)4/h7-9H,5-6H2,1-4H3. The Labute approximate surface area is 159 Å². The summed E-state index contributed by atoms with van der Waals surface area (Å²) >= 11 is 0. The molecule has 1 aromatic carbocycles. The predicted molar refractivity (Wildman–Crippen MR) is 93.1 cm³/mol. The van der Waals surface area contributed by atoms with Crippen LogP contribution in [-0.4, -0.2) is 33.1 Å². The molecule has 0 amide bonds. The van der Waals surface area contributed by atoms with Crippen LogP contribution in [0.1, 0.15) is 22.7 Å². The summed E-state index contributed by atoms with van der Waals surface area (Å²) in [7, 11) is 1.79. The van der Waals surface area contributed by atoms with Crippen LogP contribution in [0.2, 0.25) is 0 Å². The Morgan fingerprint density at radius 3 is 2.21 bits per heavy atom. The third-order valence-corrected chi connectivity index (χ3v) is 3.93. The normalized spacial score (nSPS) is 11.7. The highest BCUT2D eigenvalue weighted by Gasteiger charge is 2.38. The quantitative estimate of drug-likeness (QED) is 0.589. The summed E-state index contributed by atoms with van der Waals surface area (Å²) in [6.07, 6.45) is -4.68. The maximum Gasteiger partial charge on any atom is 0.471 e. The van der Waals surface area contributed by atoms with Crippen molar-refractivity contribution < 1.29 is 27.2 Å². The van der Waals surface area contributed by atoms with Gasteiger partial charge in [0.05, 0.1) is 5.69 Å². The summed E-state index contributed by atoms with van der Waals surface area (Å²) in [5.41, 5.74) is 2.76. The molecule has 0 saturated carbocycles. The number of aryl methyl sites for hydroxylation is 4. The SMILES string of the molecule is Cc1cc(OCCOc2c(C)cc(-c3noc(C(F)(F)F)n3)cc2C)n(C)n1. The van der Waals surface area contributed by atoms with Gasteiger partial charge in [-0.05, 0) is 44.0 Å². The molecule has 10 heteroatoms. The van der Waals surface area contributed by atoms with E-state index in [0.717, 1.165) is 16.8 Å². The fourth-order valence-electron chi connectivity index (χ4n) is 2.77. The predicted octanol–water partition coefficient (Wildman–Crippen LogP) is 3.87. The van der Waals surface area contributed by atoms with Gasteiger partial charge in [-0.1, -0.05) is 5.16 Å². The Kier molecular flexibility index (Phi) is 5.30. The molecule has 0 atom stereocenters. The Morgan fingerprint density at radius 1 is 1.04 bits per heavy atom. The molecule has 2 aromatic heterocycles. The van der Waals surface area contributed by atoms with E-state index in [1.807, 2.05) is 13.0 Å². The van der Waals surface area contributed by atoms with E-state index in [2.05, 4.69) is 19.8 Å². The fourth-order valence-corrected chi connectivity index (χ4v) is 2.77. The summed E-state index contributed by atoms with van der Waals surface area (Å²) in [6.45, 7) is 6.08. The highest BCUT2D eigenvalue weighted by atomic mass is 19.4. The number of aromatic nitrogens is 4. The zero-order valence-corrected chi connectivity index (χ0v) is 15.8. The van der Waals surface area contributed by atoms with Crippen LogP contribution in [0.3, 0.4) is 0 Å². The van der Waals surface area contributed by atoms with Gasteiger partial charge >= 0.3 is 12.1 Å². The zero-order chi connectivity index (χ0) is 20.5. The van der Waals surface area contributed by atoms with Gasteiger partial charge in [0.2, 0.25) is 11.7 Å². The average molecular weight is 396 g/mol. The lowest BCUT2D eigenvalue weighted by Gasteiger charge is -2.13. The molecule has 7 nitrogen and oxygen atoms in total. The highest BCUT2D eigenvalue weighted by molar-refractivity contribution is 5.61. The number of nitrogens with zero attached hydrogens (tertiary/aromatic N) is 4. The van der Waals surface area contributed by atoms with Crippen molar-refractivity contribution in [3.8, 4) is 23.0 Å². The van der Waals surface area contributed by atoms with Crippen molar-refractivity contribution in [2.45, 2.75) is 26.9 Å². The van der Waals surface area contributed by atoms with Gasteiger partial charge in [0.1, 0.15) is 19.0 Å². The lowest BCUT2D eigenvalue weighted by Crippen LogP contribution is -2.12. The lowest BCUT2D eigenvalue weighted by molar-refractivity contribution is -0.159. The molecule has 0 spiro atoms. The third kappa shape index (κ3) is 4.26. The lowest BCUT2D eigenvalue weighted by atomic mass is 10.1. The Bertz CT molecular complexity index is 956. The van der Waals surface area contributed by atoms with Crippen LogP contribution in [0.25, 0.3) is 11.4 Å². The van der Waals surface area contributed by atoms with Crippen LogP contribution in [0.15, 0.2) is 22.7 Å². The maximum atomic E-state index is 12.6. The maximum absolute atomic E-state index is 12.6. The number of benzene rings is 1. The van der Waals surface area contributed by atoms with Gasteiger partial charge in [0.15, 0.2) is 0 Å². The molecule has 3 aromatic rings.